The minimum atomic E-state index is -1.25. The molecule has 6 nitrogen and oxygen atoms in total. The highest BCUT2D eigenvalue weighted by Gasteiger charge is 2.33. The summed E-state index contributed by atoms with van der Waals surface area (Å²) in [5, 5.41) is 17.7. The Balaban J connectivity index is 1.71. The molecule has 24 heavy (non-hydrogen) atoms. The largest absolute Gasteiger partial charge is 0.463 e. The predicted molar refractivity (Wildman–Crippen MR) is 89.8 cm³/mol. The van der Waals surface area contributed by atoms with Gasteiger partial charge in [-0.05, 0) is 45.2 Å². The molecule has 0 radical (unpaired) electrons. The molecule has 0 saturated heterocycles. The SMILES string of the molecule is CCCn1ncc(C(=O)NCC(C)(O)c2ccc(C)o2)c1C1CC1. The number of carbonyl (C=O) groups excluding carboxylic acids is 1. The van der Waals surface area contributed by atoms with Gasteiger partial charge in [0.05, 0.1) is 24.0 Å². The molecule has 2 heterocycles. The van der Waals surface area contributed by atoms with Gasteiger partial charge in [0.1, 0.15) is 17.1 Å². The number of aryl methyl sites for hydroxylation is 2. The Bertz CT molecular complexity index is 726. The van der Waals surface area contributed by atoms with Crippen LogP contribution in [0, 0.1) is 6.92 Å². The highest BCUT2D eigenvalue weighted by atomic mass is 16.4. The van der Waals surface area contributed by atoms with Crippen molar-refractivity contribution in [1.29, 1.82) is 0 Å². The topological polar surface area (TPSA) is 80.3 Å². The lowest BCUT2D eigenvalue weighted by Gasteiger charge is -2.21. The highest BCUT2D eigenvalue weighted by Crippen LogP contribution is 2.41. The first-order valence-electron chi connectivity index (χ1n) is 8.55. The Hall–Kier alpha value is -2.08. The molecule has 0 aliphatic heterocycles. The van der Waals surface area contributed by atoms with E-state index in [2.05, 4.69) is 17.3 Å². The summed E-state index contributed by atoms with van der Waals surface area (Å²) in [5.41, 5.74) is 0.406. The number of carbonyl (C=O) groups is 1. The highest BCUT2D eigenvalue weighted by molar-refractivity contribution is 5.95. The fraction of sp³-hybridized carbons (Fsp3) is 0.556. The molecule has 1 atom stereocenters. The number of hydrogen-bond acceptors (Lipinski definition) is 4. The summed E-state index contributed by atoms with van der Waals surface area (Å²) >= 11 is 0. The maximum Gasteiger partial charge on any atom is 0.254 e. The minimum absolute atomic E-state index is 0.0852. The van der Waals surface area contributed by atoms with E-state index in [0.717, 1.165) is 37.3 Å². The second-order valence-electron chi connectivity index (χ2n) is 6.81. The molecule has 130 valence electrons. The van der Waals surface area contributed by atoms with Crippen LogP contribution in [-0.4, -0.2) is 27.3 Å². The lowest BCUT2D eigenvalue weighted by Crippen LogP contribution is -2.38. The summed E-state index contributed by atoms with van der Waals surface area (Å²) in [5.74, 6) is 1.42. The molecular weight excluding hydrogens is 306 g/mol. The Morgan fingerprint density at radius 2 is 2.25 bits per heavy atom. The van der Waals surface area contributed by atoms with Crippen molar-refractivity contribution >= 4 is 5.91 Å². The number of amides is 1. The maximum absolute atomic E-state index is 12.6. The van der Waals surface area contributed by atoms with E-state index in [9.17, 15) is 9.90 Å². The summed E-state index contributed by atoms with van der Waals surface area (Å²) in [7, 11) is 0. The van der Waals surface area contributed by atoms with Crippen molar-refractivity contribution in [3.05, 3.63) is 41.1 Å². The fourth-order valence-corrected chi connectivity index (χ4v) is 2.91. The van der Waals surface area contributed by atoms with Crippen LogP contribution in [0.3, 0.4) is 0 Å². The van der Waals surface area contributed by atoms with Gasteiger partial charge in [0.15, 0.2) is 0 Å². The van der Waals surface area contributed by atoms with E-state index >= 15 is 0 Å². The Labute approximate surface area is 141 Å². The number of furan rings is 1. The van der Waals surface area contributed by atoms with E-state index in [1.54, 1.807) is 25.3 Å². The lowest BCUT2D eigenvalue weighted by atomic mass is 10.0. The minimum Gasteiger partial charge on any atom is -0.463 e. The van der Waals surface area contributed by atoms with Gasteiger partial charge in [0.2, 0.25) is 0 Å². The van der Waals surface area contributed by atoms with Crippen LogP contribution in [0.4, 0.5) is 0 Å². The van der Waals surface area contributed by atoms with Crippen LogP contribution in [0.25, 0.3) is 0 Å². The summed E-state index contributed by atoms with van der Waals surface area (Å²) in [4.78, 5) is 12.6. The lowest BCUT2D eigenvalue weighted by molar-refractivity contribution is 0.0323. The van der Waals surface area contributed by atoms with Crippen LogP contribution in [0.5, 0.6) is 0 Å². The van der Waals surface area contributed by atoms with Crippen molar-refractivity contribution in [2.24, 2.45) is 0 Å². The fourth-order valence-electron chi connectivity index (χ4n) is 2.91. The molecular formula is C18H25N3O3. The van der Waals surface area contributed by atoms with E-state index < -0.39 is 5.60 Å². The molecule has 2 N–H and O–H groups in total. The van der Waals surface area contributed by atoms with Crippen LogP contribution in [-0.2, 0) is 12.1 Å². The molecule has 1 amide bonds. The van der Waals surface area contributed by atoms with Crippen molar-refractivity contribution in [2.45, 2.75) is 58.1 Å². The number of nitrogens with zero attached hydrogens (tertiary/aromatic N) is 2. The van der Waals surface area contributed by atoms with Crippen LogP contribution >= 0.6 is 0 Å². The molecule has 1 aliphatic rings. The van der Waals surface area contributed by atoms with Crippen molar-refractivity contribution in [3.63, 3.8) is 0 Å². The average Bonchev–Trinajstić information content (AvgIpc) is 3.13. The first-order chi connectivity index (χ1) is 11.4. The van der Waals surface area contributed by atoms with Crippen molar-refractivity contribution in [3.8, 4) is 0 Å². The summed E-state index contributed by atoms with van der Waals surface area (Å²) in [6.07, 6.45) is 4.84. The van der Waals surface area contributed by atoms with E-state index in [1.807, 2.05) is 11.6 Å². The summed E-state index contributed by atoms with van der Waals surface area (Å²) in [6, 6.07) is 3.53. The van der Waals surface area contributed by atoms with Crippen molar-refractivity contribution < 1.29 is 14.3 Å². The van der Waals surface area contributed by atoms with E-state index in [1.165, 1.54) is 0 Å². The molecule has 1 aliphatic carbocycles. The third-order valence-electron chi connectivity index (χ3n) is 4.39. The van der Waals surface area contributed by atoms with Crippen LogP contribution in [0.1, 0.15) is 66.6 Å². The monoisotopic (exact) mass is 331 g/mol. The third kappa shape index (κ3) is 3.38. The zero-order chi connectivity index (χ0) is 17.3. The van der Waals surface area contributed by atoms with Gasteiger partial charge in [-0.25, -0.2) is 0 Å². The molecule has 0 spiro atoms. The normalized spacial score (nSPS) is 16.8. The van der Waals surface area contributed by atoms with Gasteiger partial charge in [0, 0.05) is 12.5 Å². The number of aromatic nitrogens is 2. The first-order valence-corrected chi connectivity index (χ1v) is 8.55. The summed E-state index contributed by atoms with van der Waals surface area (Å²) in [6.45, 7) is 6.46. The second kappa shape index (κ2) is 6.43. The zero-order valence-corrected chi connectivity index (χ0v) is 14.5. The molecule has 1 fully saturated rings. The zero-order valence-electron chi connectivity index (χ0n) is 14.5. The number of rotatable bonds is 7. The van der Waals surface area contributed by atoms with E-state index in [0.29, 0.717) is 17.2 Å². The molecule has 0 bridgehead atoms. The quantitative estimate of drug-likeness (QED) is 0.817. The van der Waals surface area contributed by atoms with Crippen molar-refractivity contribution in [2.75, 3.05) is 6.54 Å². The molecule has 6 heteroatoms. The smallest absolute Gasteiger partial charge is 0.254 e. The average molecular weight is 331 g/mol. The predicted octanol–water partition coefficient (Wildman–Crippen LogP) is 2.71. The molecule has 1 unspecified atom stereocenters. The van der Waals surface area contributed by atoms with Gasteiger partial charge in [-0.3, -0.25) is 9.48 Å². The Morgan fingerprint density at radius 1 is 1.50 bits per heavy atom. The van der Waals surface area contributed by atoms with Gasteiger partial charge >= 0.3 is 0 Å². The van der Waals surface area contributed by atoms with E-state index in [-0.39, 0.29) is 12.5 Å². The van der Waals surface area contributed by atoms with Gasteiger partial charge < -0.3 is 14.8 Å². The van der Waals surface area contributed by atoms with Gasteiger partial charge in [-0.1, -0.05) is 6.92 Å². The molecule has 3 rings (SSSR count). The Kier molecular flexibility index (Phi) is 4.49. The Morgan fingerprint density at radius 3 is 2.83 bits per heavy atom. The maximum atomic E-state index is 12.6. The first kappa shape index (κ1) is 16.8. The van der Waals surface area contributed by atoms with Crippen molar-refractivity contribution in [1.82, 2.24) is 15.1 Å². The van der Waals surface area contributed by atoms with Gasteiger partial charge in [-0.15, -0.1) is 0 Å². The van der Waals surface area contributed by atoms with Crippen LogP contribution < -0.4 is 5.32 Å². The molecule has 2 aromatic heterocycles. The van der Waals surface area contributed by atoms with Crippen LogP contribution in [0.2, 0.25) is 0 Å². The number of aliphatic hydroxyl groups is 1. The standard InChI is InChI=1S/C18H25N3O3/c1-4-9-21-16(13-6-7-13)14(10-20-21)17(22)19-11-18(3,23)15-8-5-12(2)24-15/h5,8,10,13,23H,4,6-7,9,11H2,1-3H3,(H,19,22). The third-order valence-corrected chi connectivity index (χ3v) is 4.39. The van der Waals surface area contributed by atoms with Crippen LogP contribution in [0.15, 0.2) is 22.7 Å². The number of nitrogens with one attached hydrogen (secondary N) is 1. The molecule has 0 aromatic carbocycles. The molecule has 1 saturated carbocycles. The van der Waals surface area contributed by atoms with Gasteiger partial charge in [-0.2, -0.15) is 5.10 Å². The van der Waals surface area contributed by atoms with Gasteiger partial charge in [0.25, 0.3) is 5.91 Å². The molecule has 2 aromatic rings. The number of hydrogen-bond donors (Lipinski definition) is 2. The second-order valence-corrected chi connectivity index (χ2v) is 6.81. The summed E-state index contributed by atoms with van der Waals surface area (Å²) < 4.78 is 7.42. The van der Waals surface area contributed by atoms with E-state index in [4.69, 9.17) is 4.42 Å².